The number of methoxy groups -OCH3 is 1. The third-order valence-electron chi connectivity index (χ3n) is 2.87. The van der Waals surface area contributed by atoms with Crippen molar-refractivity contribution in [1.29, 1.82) is 0 Å². The van der Waals surface area contributed by atoms with Crippen molar-refractivity contribution in [2.75, 3.05) is 31.4 Å². The van der Waals surface area contributed by atoms with Crippen LogP contribution >= 0.6 is 0 Å². The highest BCUT2D eigenvalue weighted by Crippen LogP contribution is 2.23. The molecule has 0 amide bonds. The van der Waals surface area contributed by atoms with Gasteiger partial charge in [-0.15, -0.1) is 0 Å². The molecule has 1 aromatic carbocycles. The van der Waals surface area contributed by atoms with E-state index in [9.17, 15) is 0 Å². The second kappa shape index (κ2) is 6.09. The van der Waals surface area contributed by atoms with Gasteiger partial charge in [-0.3, -0.25) is 0 Å². The molecule has 2 rings (SSSR count). The van der Waals surface area contributed by atoms with Gasteiger partial charge >= 0.3 is 0 Å². The molecular weight excluding hydrogens is 238 g/mol. The van der Waals surface area contributed by atoms with Gasteiger partial charge in [-0.2, -0.15) is 0 Å². The maximum Gasteiger partial charge on any atom is 0.151 e. The number of anilines is 2. The first kappa shape index (κ1) is 13.2. The third kappa shape index (κ3) is 3.16. The number of hydrogen-bond donors (Lipinski definition) is 1. The van der Waals surface area contributed by atoms with Gasteiger partial charge < -0.3 is 15.0 Å². The fourth-order valence-corrected chi connectivity index (χ4v) is 1.93. The molecule has 0 fully saturated rings. The number of hydrogen-bond acceptors (Lipinski definition) is 4. The molecule has 0 bridgehead atoms. The van der Waals surface area contributed by atoms with Crippen LogP contribution in [-0.2, 0) is 6.54 Å². The largest absolute Gasteiger partial charge is 0.496 e. The predicted molar refractivity (Wildman–Crippen MR) is 78.9 cm³/mol. The molecule has 1 heterocycles. The molecule has 4 heteroatoms. The summed E-state index contributed by atoms with van der Waals surface area (Å²) in [6.45, 7) is 0.705. The smallest absolute Gasteiger partial charge is 0.151 e. The molecule has 0 spiro atoms. The summed E-state index contributed by atoms with van der Waals surface area (Å²) in [6.07, 6.45) is 1.80. The van der Waals surface area contributed by atoms with Gasteiger partial charge in [0, 0.05) is 32.4 Å². The van der Waals surface area contributed by atoms with E-state index in [0.29, 0.717) is 6.54 Å². The van der Waals surface area contributed by atoms with Gasteiger partial charge in [0.15, 0.2) is 5.82 Å². The van der Waals surface area contributed by atoms with Crippen molar-refractivity contribution >= 4 is 11.5 Å². The fraction of sp³-hybridized carbons (Fsp3) is 0.267. The minimum Gasteiger partial charge on any atom is -0.496 e. The molecule has 0 atom stereocenters. The number of rotatable bonds is 5. The Balaban J connectivity index is 2.15. The van der Waals surface area contributed by atoms with Gasteiger partial charge in [-0.25, -0.2) is 4.98 Å². The van der Waals surface area contributed by atoms with Gasteiger partial charge in [-0.05, 0) is 18.2 Å². The molecule has 0 unspecified atom stereocenters. The van der Waals surface area contributed by atoms with Crippen LogP contribution in [0.3, 0.4) is 0 Å². The highest BCUT2D eigenvalue weighted by Gasteiger charge is 2.06. The number of ether oxygens (including phenoxy) is 1. The van der Waals surface area contributed by atoms with Crippen LogP contribution < -0.4 is 15.0 Å². The topological polar surface area (TPSA) is 37.4 Å². The van der Waals surface area contributed by atoms with E-state index in [1.54, 1.807) is 13.3 Å². The van der Waals surface area contributed by atoms with Gasteiger partial charge in [0.2, 0.25) is 0 Å². The predicted octanol–water partition coefficient (Wildman–Crippen LogP) is 2.77. The minimum atomic E-state index is 0.705. The van der Waals surface area contributed by atoms with E-state index in [1.807, 2.05) is 49.3 Å². The van der Waals surface area contributed by atoms with Crippen LogP contribution in [0.25, 0.3) is 0 Å². The van der Waals surface area contributed by atoms with Gasteiger partial charge in [0.25, 0.3) is 0 Å². The minimum absolute atomic E-state index is 0.705. The van der Waals surface area contributed by atoms with E-state index in [4.69, 9.17) is 4.74 Å². The molecule has 1 aromatic heterocycles. The normalized spacial score (nSPS) is 10.1. The number of pyridine rings is 1. The van der Waals surface area contributed by atoms with Crippen LogP contribution in [0.4, 0.5) is 11.5 Å². The van der Waals surface area contributed by atoms with Crippen LogP contribution in [0.15, 0.2) is 42.6 Å². The molecule has 0 aliphatic carbocycles. The Labute approximate surface area is 114 Å². The summed E-state index contributed by atoms with van der Waals surface area (Å²) < 4.78 is 5.35. The molecule has 1 N–H and O–H groups in total. The molecule has 19 heavy (non-hydrogen) atoms. The van der Waals surface area contributed by atoms with Gasteiger partial charge in [0.1, 0.15) is 5.75 Å². The lowest BCUT2D eigenvalue weighted by Gasteiger charge is -2.17. The lowest BCUT2D eigenvalue weighted by Crippen LogP contribution is -2.13. The third-order valence-corrected chi connectivity index (χ3v) is 2.87. The van der Waals surface area contributed by atoms with E-state index >= 15 is 0 Å². The summed E-state index contributed by atoms with van der Waals surface area (Å²) in [6, 6.07) is 12.0. The number of benzene rings is 1. The van der Waals surface area contributed by atoms with Gasteiger partial charge in [-0.1, -0.05) is 18.2 Å². The zero-order chi connectivity index (χ0) is 13.7. The summed E-state index contributed by atoms with van der Waals surface area (Å²) in [4.78, 5) is 6.36. The SMILES string of the molecule is COc1ccccc1CNc1cccnc1N(C)C. The van der Waals surface area contributed by atoms with E-state index in [0.717, 1.165) is 22.8 Å². The van der Waals surface area contributed by atoms with Crippen molar-refractivity contribution in [2.45, 2.75) is 6.54 Å². The Bertz CT molecular complexity index is 540. The number of nitrogens with zero attached hydrogens (tertiary/aromatic N) is 2. The zero-order valence-electron chi connectivity index (χ0n) is 11.6. The van der Waals surface area contributed by atoms with Crippen LogP contribution in [0.1, 0.15) is 5.56 Å². The Kier molecular flexibility index (Phi) is 4.23. The molecule has 0 saturated carbocycles. The van der Waals surface area contributed by atoms with Crippen LogP contribution in [-0.4, -0.2) is 26.2 Å². The quantitative estimate of drug-likeness (QED) is 0.893. The Morgan fingerprint density at radius 3 is 2.68 bits per heavy atom. The highest BCUT2D eigenvalue weighted by molar-refractivity contribution is 5.64. The van der Waals surface area contributed by atoms with Crippen molar-refractivity contribution < 1.29 is 4.74 Å². The standard InChI is InChI=1S/C15H19N3O/c1-18(2)15-13(8-6-10-16-15)17-11-12-7-4-5-9-14(12)19-3/h4-10,17H,11H2,1-3H3. The second-order valence-corrected chi connectivity index (χ2v) is 4.43. The lowest BCUT2D eigenvalue weighted by molar-refractivity contribution is 0.410. The Morgan fingerprint density at radius 2 is 1.95 bits per heavy atom. The van der Waals surface area contributed by atoms with Crippen LogP contribution in [0.2, 0.25) is 0 Å². The van der Waals surface area contributed by atoms with E-state index in [-0.39, 0.29) is 0 Å². The maximum atomic E-state index is 5.35. The van der Waals surface area contributed by atoms with Crippen molar-refractivity contribution in [1.82, 2.24) is 4.98 Å². The molecule has 4 nitrogen and oxygen atoms in total. The maximum absolute atomic E-state index is 5.35. The highest BCUT2D eigenvalue weighted by atomic mass is 16.5. The Morgan fingerprint density at radius 1 is 1.16 bits per heavy atom. The van der Waals surface area contributed by atoms with Crippen molar-refractivity contribution in [3.05, 3.63) is 48.2 Å². The molecule has 0 radical (unpaired) electrons. The first-order chi connectivity index (χ1) is 9.22. The Hall–Kier alpha value is -2.23. The second-order valence-electron chi connectivity index (χ2n) is 4.43. The first-order valence-electron chi connectivity index (χ1n) is 6.20. The van der Waals surface area contributed by atoms with Crippen LogP contribution in [0.5, 0.6) is 5.75 Å². The molecular formula is C15H19N3O. The summed E-state index contributed by atoms with van der Waals surface area (Å²) >= 11 is 0. The van der Waals surface area contributed by atoms with Crippen molar-refractivity contribution in [2.24, 2.45) is 0 Å². The number of aromatic nitrogens is 1. The van der Waals surface area contributed by atoms with E-state index in [1.165, 1.54) is 0 Å². The average molecular weight is 257 g/mol. The fourth-order valence-electron chi connectivity index (χ4n) is 1.93. The summed E-state index contributed by atoms with van der Waals surface area (Å²) in [5, 5.41) is 3.40. The zero-order valence-corrected chi connectivity index (χ0v) is 11.6. The van der Waals surface area contributed by atoms with Crippen LogP contribution in [0, 0.1) is 0 Å². The lowest BCUT2D eigenvalue weighted by atomic mass is 10.2. The van der Waals surface area contributed by atoms with E-state index < -0.39 is 0 Å². The molecule has 100 valence electrons. The van der Waals surface area contributed by atoms with Gasteiger partial charge in [0.05, 0.1) is 12.8 Å². The average Bonchev–Trinajstić information content (AvgIpc) is 2.45. The summed E-state index contributed by atoms with van der Waals surface area (Å²) in [7, 11) is 5.65. The number of nitrogens with one attached hydrogen (secondary N) is 1. The molecule has 0 aliphatic heterocycles. The van der Waals surface area contributed by atoms with Crippen molar-refractivity contribution in [3.63, 3.8) is 0 Å². The van der Waals surface area contributed by atoms with E-state index in [2.05, 4.69) is 16.4 Å². The monoisotopic (exact) mass is 257 g/mol. The molecule has 2 aromatic rings. The summed E-state index contributed by atoms with van der Waals surface area (Å²) in [5.74, 6) is 1.82. The summed E-state index contributed by atoms with van der Waals surface area (Å²) in [5.41, 5.74) is 2.14. The first-order valence-corrected chi connectivity index (χ1v) is 6.20. The molecule has 0 aliphatic rings. The number of para-hydroxylation sites is 1. The van der Waals surface area contributed by atoms with Crippen molar-refractivity contribution in [3.8, 4) is 5.75 Å². The molecule has 0 saturated heterocycles.